The van der Waals surface area contributed by atoms with E-state index in [4.69, 9.17) is 4.74 Å². The van der Waals surface area contributed by atoms with Gasteiger partial charge in [-0.15, -0.1) is 0 Å². The van der Waals surface area contributed by atoms with Gasteiger partial charge in [0, 0.05) is 0 Å². The van der Waals surface area contributed by atoms with E-state index in [0.717, 1.165) is 49.4 Å². The minimum atomic E-state index is -0.117. The molecule has 0 unspecified atom stereocenters. The third-order valence-corrected chi connectivity index (χ3v) is 12.1. The first-order valence-corrected chi connectivity index (χ1v) is 15.5. The monoisotopic (exact) mass is 500 g/mol. The van der Waals surface area contributed by atoms with Gasteiger partial charge in [-0.05, 0) is 116 Å². The zero-order valence-electron chi connectivity index (χ0n) is 24.7. The first-order chi connectivity index (χ1) is 16.9. The Bertz CT molecular complexity index is 814. The molecule has 0 bridgehead atoms. The van der Waals surface area contributed by atoms with Crippen LogP contribution in [-0.4, -0.2) is 23.3 Å². The average molecular weight is 501 g/mol. The molecule has 4 aliphatic rings. The van der Waals surface area contributed by atoms with Gasteiger partial charge in [-0.1, -0.05) is 67.0 Å². The Balaban J connectivity index is 1.41. The molecule has 4 rings (SSSR count). The van der Waals surface area contributed by atoms with Gasteiger partial charge in [0.2, 0.25) is 0 Å². The summed E-state index contributed by atoms with van der Waals surface area (Å²) in [4.78, 5) is 12.7. The van der Waals surface area contributed by atoms with Crippen LogP contribution in [-0.2, 0) is 9.53 Å². The molecule has 4 aliphatic carbocycles. The smallest absolute Gasteiger partial charge is 0.309 e. The van der Waals surface area contributed by atoms with Crippen molar-refractivity contribution in [2.75, 3.05) is 0 Å². The fourth-order valence-corrected chi connectivity index (χ4v) is 9.30. The fourth-order valence-electron chi connectivity index (χ4n) is 9.30. The number of ether oxygens (including phenoxy) is 1. The van der Waals surface area contributed by atoms with Gasteiger partial charge in [0.1, 0.15) is 6.10 Å². The summed E-state index contributed by atoms with van der Waals surface area (Å²) in [6.07, 6.45) is 14.4. The topological polar surface area (TPSA) is 46.5 Å². The van der Waals surface area contributed by atoms with Crippen molar-refractivity contribution in [1.82, 2.24) is 0 Å². The van der Waals surface area contributed by atoms with E-state index in [2.05, 4.69) is 54.5 Å². The fraction of sp³-hybridized carbons (Fsp3) is 0.909. The molecule has 0 amide bonds. The van der Waals surface area contributed by atoms with Crippen molar-refractivity contribution in [3.63, 3.8) is 0 Å². The van der Waals surface area contributed by atoms with Crippen LogP contribution < -0.4 is 0 Å². The van der Waals surface area contributed by atoms with Crippen molar-refractivity contribution in [1.29, 1.82) is 0 Å². The Morgan fingerprint density at radius 1 is 0.972 bits per heavy atom. The van der Waals surface area contributed by atoms with E-state index in [1.807, 2.05) is 6.92 Å². The number of fused-ring (bicyclic) bond motifs is 5. The van der Waals surface area contributed by atoms with E-state index in [-0.39, 0.29) is 24.1 Å². The van der Waals surface area contributed by atoms with Gasteiger partial charge in [-0.2, -0.15) is 0 Å². The second-order valence-electron chi connectivity index (χ2n) is 14.7. The van der Waals surface area contributed by atoms with E-state index in [1.165, 1.54) is 38.5 Å². The van der Waals surface area contributed by atoms with Crippen molar-refractivity contribution in [3.05, 3.63) is 11.6 Å². The highest BCUT2D eigenvalue weighted by Gasteiger charge is 2.59. The number of aliphatic hydroxyl groups is 1. The van der Waals surface area contributed by atoms with Gasteiger partial charge in [0.25, 0.3) is 0 Å². The van der Waals surface area contributed by atoms with Crippen molar-refractivity contribution < 1.29 is 14.6 Å². The van der Waals surface area contributed by atoms with Gasteiger partial charge < -0.3 is 9.84 Å². The molecule has 36 heavy (non-hydrogen) atoms. The molecule has 0 aromatic heterocycles. The van der Waals surface area contributed by atoms with Gasteiger partial charge in [0.15, 0.2) is 0 Å². The summed E-state index contributed by atoms with van der Waals surface area (Å²) in [5.41, 5.74) is 2.36. The van der Waals surface area contributed by atoms with Gasteiger partial charge in [-0.3, -0.25) is 4.79 Å². The van der Waals surface area contributed by atoms with Crippen molar-refractivity contribution in [2.45, 2.75) is 132 Å². The largest absolute Gasteiger partial charge is 0.462 e. The SMILES string of the molecule is CC(C)[C@H](CC[C@@H](C)[C@H]1CC[C@H]2[C@@H]3CC=C4C[C@@H](O)CC[C@]4(C)[C@H]3CC[C@]12C)OC(=O)[C@@H](C)C(C)C. The Hall–Kier alpha value is -0.830. The molecule has 206 valence electrons. The molecular formula is C33H56O3. The predicted octanol–water partition coefficient (Wildman–Crippen LogP) is 8.20. The standard InChI is InChI=1S/C33H56O3/c1-20(2)23(6)31(35)36-30(21(3)4)14-9-22(5)27-12-13-28-26-11-10-24-19-25(34)15-17-32(24,7)29(26)16-18-33(27,28)8/h10,20-23,25-30,34H,9,11-19H2,1-8H3/t22-,23+,25+,26+,27-,28+,29+,30+,32+,33-/m1/s1. The van der Waals surface area contributed by atoms with E-state index in [1.54, 1.807) is 5.57 Å². The summed E-state index contributed by atoms with van der Waals surface area (Å²) >= 11 is 0. The minimum absolute atomic E-state index is 0.0176. The molecule has 3 nitrogen and oxygen atoms in total. The molecule has 0 aromatic carbocycles. The molecule has 3 fully saturated rings. The Labute approximate surface area is 222 Å². The molecule has 1 N–H and O–H groups in total. The summed E-state index contributed by atoms with van der Waals surface area (Å²) in [5, 5.41) is 10.3. The lowest BCUT2D eigenvalue weighted by Crippen LogP contribution is -2.50. The molecular weight excluding hydrogens is 444 g/mol. The number of hydrogen-bond acceptors (Lipinski definition) is 3. The maximum absolute atomic E-state index is 12.7. The van der Waals surface area contributed by atoms with Crippen molar-refractivity contribution in [2.24, 2.45) is 58.2 Å². The zero-order chi connectivity index (χ0) is 26.4. The number of carbonyl (C=O) groups is 1. The van der Waals surface area contributed by atoms with E-state index < -0.39 is 0 Å². The zero-order valence-corrected chi connectivity index (χ0v) is 24.7. The van der Waals surface area contributed by atoms with Gasteiger partial charge in [0.05, 0.1) is 12.0 Å². The van der Waals surface area contributed by atoms with Crippen LogP contribution in [0.3, 0.4) is 0 Å². The van der Waals surface area contributed by atoms with Crippen LogP contribution in [0.1, 0.15) is 120 Å². The lowest BCUT2D eigenvalue weighted by atomic mass is 9.47. The Morgan fingerprint density at radius 3 is 2.36 bits per heavy atom. The summed E-state index contributed by atoms with van der Waals surface area (Å²) in [7, 11) is 0. The lowest BCUT2D eigenvalue weighted by molar-refractivity contribution is -0.158. The third kappa shape index (κ3) is 5.08. The highest BCUT2D eigenvalue weighted by atomic mass is 16.5. The molecule has 0 heterocycles. The summed E-state index contributed by atoms with van der Waals surface area (Å²) < 4.78 is 6.06. The number of carbonyl (C=O) groups excluding carboxylic acids is 1. The van der Waals surface area contributed by atoms with Crippen LogP contribution in [0, 0.1) is 58.2 Å². The van der Waals surface area contributed by atoms with Crippen molar-refractivity contribution >= 4 is 5.97 Å². The first kappa shape index (κ1) is 28.2. The maximum atomic E-state index is 12.7. The van der Waals surface area contributed by atoms with Crippen LogP contribution in [0.4, 0.5) is 0 Å². The Kier molecular flexibility index (Phi) is 8.41. The summed E-state index contributed by atoms with van der Waals surface area (Å²) in [6, 6.07) is 0. The van der Waals surface area contributed by atoms with E-state index in [9.17, 15) is 9.90 Å². The van der Waals surface area contributed by atoms with E-state index in [0.29, 0.717) is 28.6 Å². The normalized spacial score (nSPS) is 40.6. The number of hydrogen-bond donors (Lipinski definition) is 1. The van der Waals surface area contributed by atoms with Gasteiger partial charge in [-0.25, -0.2) is 0 Å². The number of rotatable bonds is 8. The van der Waals surface area contributed by atoms with Crippen LogP contribution in [0.15, 0.2) is 11.6 Å². The third-order valence-electron chi connectivity index (χ3n) is 12.1. The molecule has 0 radical (unpaired) electrons. The maximum Gasteiger partial charge on any atom is 0.309 e. The first-order valence-electron chi connectivity index (χ1n) is 15.5. The second-order valence-corrected chi connectivity index (χ2v) is 14.7. The van der Waals surface area contributed by atoms with Crippen molar-refractivity contribution in [3.8, 4) is 0 Å². The van der Waals surface area contributed by atoms with Crippen LogP contribution >= 0.6 is 0 Å². The highest BCUT2D eigenvalue weighted by molar-refractivity contribution is 5.72. The number of aliphatic hydroxyl groups excluding tert-OH is 1. The molecule has 3 heteroatoms. The predicted molar refractivity (Wildman–Crippen MR) is 148 cm³/mol. The van der Waals surface area contributed by atoms with Gasteiger partial charge >= 0.3 is 5.97 Å². The molecule has 10 atom stereocenters. The quantitative estimate of drug-likeness (QED) is 0.270. The molecule has 3 saturated carbocycles. The molecule has 0 spiro atoms. The highest BCUT2D eigenvalue weighted by Crippen LogP contribution is 2.67. The summed E-state index contributed by atoms with van der Waals surface area (Å²) in [6.45, 7) is 18.3. The summed E-state index contributed by atoms with van der Waals surface area (Å²) in [5.74, 6) is 4.57. The van der Waals surface area contributed by atoms with Crippen LogP contribution in [0.25, 0.3) is 0 Å². The van der Waals surface area contributed by atoms with Crippen LogP contribution in [0.5, 0.6) is 0 Å². The van der Waals surface area contributed by atoms with E-state index >= 15 is 0 Å². The Morgan fingerprint density at radius 2 is 1.69 bits per heavy atom. The molecule has 0 aliphatic heterocycles. The minimum Gasteiger partial charge on any atom is -0.462 e. The number of esters is 1. The lowest BCUT2D eigenvalue weighted by Gasteiger charge is -2.58. The average Bonchev–Trinajstić information content (AvgIpc) is 3.18. The molecule has 0 aromatic rings. The molecule has 0 saturated heterocycles. The van der Waals surface area contributed by atoms with Crippen LogP contribution in [0.2, 0.25) is 0 Å². The number of allylic oxidation sites excluding steroid dienone is 1. The second kappa shape index (κ2) is 10.7.